The SMILES string of the molecule is C=CCn1c(=NC(=O)CCCSCc2ccccc2)sc2c(C)cc(C)cc21. The molecule has 0 aliphatic heterocycles. The fourth-order valence-corrected chi connectivity index (χ4v) is 5.18. The maximum absolute atomic E-state index is 12.4. The van der Waals surface area contributed by atoms with E-state index in [9.17, 15) is 4.79 Å². The number of thioether (sulfide) groups is 1. The summed E-state index contributed by atoms with van der Waals surface area (Å²) < 4.78 is 3.28. The van der Waals surface area contributed by atoms with Crippen LogP contribution in [0.2, 0.25) is 0 Å². The summed E-state index contributed by atoms with van der Waals surface area (Å²) in [5, 5.41) is 0. The average molecular weight is 411 g/mol. The zero-order valence-electron chi connectivity index (χ0n) is 16.5. The van der Waals surface area contributed by atoms with Gasteiger partial charge >= 0.3 is 0 Å². The van der Waals surface area contributed by atoms with E-state index in [1.165, 1.54) is 21.4 Å². The largest absolute Gasteiger partial charge is 0.312 e. The lowest BCUT2D eigenvalue weighted by Gasteiger charge is -2.03. The summed E-state index contributed by atoms with van der Waals surface area (Å²) in [5.41, 5.74) is 4.90. The maximum atomic E-state index is 12.4. The van der Waals surface area contributed by atoms with Gasteiger partial charge in [-0.05, 0) is 48.8 Å². The molecule has 0 saturated heterocycles. The van der Waals surface area contributed by atoms with Crippen molar-refractivity contribution in [2.45, 2.75) is 39.0 Å². The molecule has 3 aromatic rings. The first-order valence-corrected chi connectivity index (χ1v) is 11.5. The number of hydrogen-bond acceptors (Lipinski definition) is 3. The minimum atomic E-state index is -0.0425. The Kier molecular flexibility index (Phi) is 7.29. The van der Waals surface area contributed by atoms with Gasteiger partial charge in [0.15, 0.2) is 4.80 Å². The van der Waals surface area contributed by atoms with Gasteiger partial charge in [0, 0.05) is 18.7 Å². The Bertz CT molecular complexity index is 1030. The Morgan fingerprint density at radius 1 is 1.25 bits per heavy atom. The molecule has 2 aromatic carbocycles. The minimum absolute atomic E-state index is 0.0425. The number of carbonyl (C=O) groups is 1. The topological polar surface area (TPSA) is 34.4 Å². The molecule has 0 fully saturated rings. The summed E-state index contributed by atoms with van der Waals surface area (Å²) in [4.78, 5) is 17.6. The summed E-state index contributed by atoms with van der Waals surface area (Å²) in [6, 6.07) is 14.8. The highest BCUT2D eigenvalue weighted by atomic mass is 32.2. The molecule has 0 aliphatic carbocycles. The van der Waals surface area contributed by atoms with Crippen molar-refractivity contribution in [2.24, 2.45) is 4.99 Å². The Hall–Kier alpha value is -2.11. The lowest BCUT2D eigenvalue weighted by molar-refractivity contribution is -0.118. The number of carbonyl (C=O) groups excluding carboxylic acids is 1. The van der Waals surface area contributed by atoms with Gasteiger partial charge in [-0.3, -0.25) is 4.79 Å². The van der Waals surface area contributed by atoms with Crippen molar-refractivity contribution in [1.82, 2.24) is 4.57 Å². The molecule has 0 unspecified atom stereocenters. The smallest absolute Gasteiger partial charge is 0.248 e. The Labute approximate surface area is 174 Å². The zero-order valence-corrected chi connectivity index (χ0v) is 18.1. The highest BCUT2D eigenvalue weighted by molar-refractivity contribution is 7.98. The summed E-state index contributed by atoms with van der Waals surface area (Å²) in [6.07, 6.45) is 3.19. The van der Waals surface area contributed by atoms with Crippen LogP contribution in [0.5, 0.6) is 0 Å². The number of fused-ring (bicyclic) bond motifs is 1. The van der Waals surface area contributed by atoms with Crippen molar-refractivity contribution in [3.05, 3.63) is 76.6 Å². The highest BCUT2D eigenvalue weighted by Gasteiger charge is 2.10. The van der Waals surface area contributed by atoms with Crippen molar-refractivity contribution >= 4 is 39.2 Å². The molecule has 146 valence electrons. The molecule has 5 heteroatoms. The van der Waals surface area contributed by atoms with Gasteiger partial charge in [-0.25, -0.2) is 0 Å². The quantitative estimate of drug-likeness (QED) is 0.355. The lowest BCUT2D eigenvalue weighted by atomic mass is 10.1. The van der Waals surface area contributed by atoms with E-state index in [4.69, 9.17) is 0 Å². The maximum Gasteiger partial charge on any atom is 0.248 e. The highest BCUT2D eigenvalue weighted by Crippen LogP contribution is 2.23. The van der Waals surface area contributed by atoms with E-state index in [0.717, 1.165) is 28.2 Å². The fraction of sp³-hybridized carbons (Fsp3) is 0.304. The van der Waals surface area contributed by atoms with Crippen LogP contribution in [0.15, 0.2) is 60.1 Å². The van der Waals surface area contributed by atoms with Crippen LogP contribution in [-0.4, -0.2) is 16.2 Å². The van der Waals surface area contributed by atoms with E-state index in [2.05, 4.69) is 66.4 Å². The van der Waals surface area contributed by atoms with E-state index >= 15 is 0 Å². The molecular weight excluding hydrogens is 384 g/mol. The van der Waals surface area contributed by atoms with Gasteiger partial charge in [0.25, 0.3) is 0 Å². The van der Waals surface area contributed by atoms with Crippen LogP contribution in [0.25, 0.3) is 10.2 Å². The third kappa shape index (κ3) is 5.24. The van der Waals surface area contributed by atoms with Crippen molar-refractivity contribution < 1.29 is 4.79 Å². The predicted octanol–water partition coefficient (Wildman–Crippen LogP) is 5.65. The van der Waals surface area contributed by atoms with Crippen LogP contribution in [0, 0.1) is 13.8 Å². The van der Waals surface area contributed by atoms with Gasteiger partial charge in [0.1, 0.15) is 0 Å². The van der Waals surface area contributed by atoms with Crippen LogP contribution in [0.1, 0.15) is 29.5 Å². The molecule has 0 aliphatic rings. The first-order valence-electron chi connectivity index (χ1n) is 9.49. The van der Waals surface area contributed by atoms with Crippen LogP contribution in [0.4, 0.5) is 0 Å². The molecule has 1 heterocycles. The van der Waals surface area contributed by atoms with E-state index in [1.54, 1.807) is 11.3 Å². The van der Waals surface area contributed by atoms with Gasteiger partial charge in [0.05, 0.1) is 10.2 Å². The van der Waals surface area contributed by atoms with Crippen molar-refractivity contribution in [2.75, 3.05) is 5.75 Å². The number of aromatic nitrogens is 1. The summed E-state index contributed by atoms with van der Waals surface area (Å²) in [5.74, 6) is 1.91. The third-order valence-electron chi connectivity index (χ3n) is 4.44. The summed E-state index contributed by atoms with van der Waals surface area (Å²) in [6.45, 7) is 8.72. The fourth-order valence-electron chi connectivity index (χ4n) is 3.16. The monoisotopic (exact) mass is 410 g/mol. The minimum Gasteiger partial charge on any atom is -0.312 e. The second-order valence-electron chi connectivity index (χ2n) is 6.86. The molecule has 0 bridgehead atoms. The molecule has 1 aromatic heterocycles. The number of thiazole rings is 1. The summed E-state index contributed by atoms with van der Waals surface area (Å²) >= 11 is 3.45. The number of nitrogens with zero attached hydrogens (tertiary/aromatic N) is 2. The van der Waals surface area contributed by atoms with Gasteiger partial charge in [-0.15, -0.1) is 6.58 Å². The van der Waals surface area contributed by atoms with Gasteiger partial charge < -0.3 is 4.57 Å². The van der Waals surface area contributed by atoms with Crippen LogP contribution in [-0.2, 0) is 17.1 Å². The van der Waals surface area contributed by atoms with Crippen LogP contribution in [0.3, 0.4) is 0 Å². The average Bonchev–Trinajstić information content (AvgIpc) is 3.00. The van der Waals surface area contributed by atoms with E-state index in [1.807, 2.05) is 23.9 Å². The first kappa shape index (κ1) is 20.6. The second-order valence-corrected chi connectivity index (χ2v) is 8.94. The Morgan fingerprint density at radius 3 is 2.79 bits per heavy atom. The molecule has 28 heavy (non-hydrogen) atoms. The molecule has 3 nitrogen and oxygen atoms in total. The molecule has 0 saturated carbocycles. The van der Waals surface area contributed by atoms with Crippen molar-refractivity contribution in [3.63, 3.8) is 0 Å². The van der Waals surface area contributed by atoms with Crippen LogP contribution < -0.4 is 4.80 Å². The molecular formula is C23H26N2OS2. The number of benzene rings is 2. The van der Waals surface area contributed by atoms with Gasteiger partial charge in [-0.2, -0.15) is 16.8 Å². The van der Waals surface area contributed by atoms with Gasteiger partial charge in [-0.1, -0.05) is 53.8 Å². The van der Waals surface area contributed by atoms with Crippen molar-refractivity contribution in [1.29, 1.82) is 0 Å². The predicted molar refractivity (Wildman–Crippen MR) is 122 cm³/mol. The first-order chi connectivity index (χ1) is 13.6. The number of amides is 1. The molecule has 0 spiro atoms. The second kappa shape index (κ2) is 9.89. The Balaban J connectivity index is 1.66. The van der Waals surface area contributed by atoms with Crippen molar-refractivity contribution in [3.8, 4) is 0 Å². The lowest BCUT2D eigenvalue weighted by Crippen LogP contribution is -2.16. The molecule has 3 rings (SSSR count). The molecule has 0 N–H and O–H groups in total. The zero-order chi connectivity index (χ0) is 19.9. The van der Waals surface area contributed by atoms with Crippen LogP contribution >= 0.6 is 23.1 Å². The van der Waals surface area contributed by atoms with E-state index in [-0.39, 0.29) is 5.91 Å². The normalized spacial score (nSPS) is 11.9. The number of allylic oxidation sites excluding steroid dienone is 1. The number of hydrogen-bond donors (Lipinski definition) is 0. The van der Waals surface area contributed by atoms with Gasteiger partial charge in [0.2, 0.25) is 5.91 Å². The van der Waals surface area contributed by atoms with E-state index in [0.29, 0.717) is 13.0 Å². The third-order valence-corrected chi connectivity index (χ3v) is 6.78. The molecule has 0 radical (unpaired) electrons. The number of aryl methyl sites for hydroxylation is 2. The van der Waals surface area contributed by atoms with E-state index < -0.39 is 0 Å². The molecule has 1 amide bonds. The molecule has 0 atom stereocenters. The standard InChI is InChI=1S/C23H26N2OS2/c1-4-12-25-20-15-17(2)14-18(3)22(20)28-23(25)24-21(26)11-8-13-27-16-19-9-6-5-7-10-19/h4-7,9-10,14-15H,1,8,11-13,16H2,2-3H3. The number of rotatable bonds is 8. The Morgan fingerprint density at radius 2 is 2.04 bits per heavy atom. The summed E-state index contributed by atoms with van der Waals surface area (Å²) in [7, 11) is 0.